The first-order chi connectivity index (χ1) is 11.5. The molecule has 0 saturated carbocycles. The van der Waals surface area contributed by atoms with E-state index in [2.05, 4.69) is 26.8 Å². The average Bonchev–Trinajstić information content (AvgIpc) is 2.59. The molecule has 0 aromatic heterocycles. The lowest BCUT2D eigenvalue weighted by Crippen LogP contribution is -2.47. The Morgan fingerprint density at radius 1 is 1.04 bits per heavy atom. The van der Waals surface area contributed by atoms with E-state index in [0.29, 0.717) is 17.1 Å². The van der Waals surface area contributed by atoms with E-state index in [9.17, 15) is 9.59 Å². The third-order valence-electron chi connectivity index (χ3n) is 3.11. The van der Waals surface area contributed by atoms with Gasteiger partial charge < -0.3 is 9.47 Å². The number of ether oxygens (including phenoxy) is 2. The topological polar surface area (TPSA) is 76.7 Å². The molecular weight excluding hydrogens is 376 g/mol. The quantitative estimate of drug-likeness (QED) is 0.766. The van der Waals surface area contributed by atoms with Gasteiger partial charge in [-0.2, -0.15) is 0 Å². The molecule has 6 nitrogen and oxygen atoms in total. The molecular formula is C17H17BrN2O4. The number of benzene rings is 2. The predicted octanol–water partition coefficient (Wildman–Crippen LogP) is 2.69. The number of carbonyl (C=O) groups is 2. The maximum atomic E-state index is 12.0. The van der Waals surface area contributed by atoms with E-state index < -0.39 is 17.9 Å². The van der Waals surface area contributed by atoms with E-state index in [1.54, 1.807) is 49.4 Å². The Kier molecular flexibility index (Phi) is 6.20. The van der Waals surface area contributed by atoms with Crippen LogP contribution in [0.25, 0.3) is 0 Å². The number of rotatable bonds is 5. The first-order valence-corrected chi connectivity index (χ1v) is 7.95. The van der Waals surface area contributed by atoms with Crippen LogP contribution in [0, 0.1) is 0 Å². The summed E-state index contributed by atoms with van der Waals surface area (Å²) in [5.74, 6) is 0.189. The predicted molar refractivity (Wildman–Crippen MR) is 92.8 cm³/mol. The van der Waals surface area contributed by atoms with Gasteiger partial charge in [0.15, 0.2) is 6.10 Å². The Labute approximate surface area is 148 Å². The van der Waals surface area contributed by atoms with Crippen molar-refractivity contribution in [2.24, 2.45) is 0 Å². The van der Waals surface area contributed by atoms with E-state index in [0.717, 1.165) is 4.47 Å². The molecule has 2 rings (SSSR count). The molecule has 126 valence electrons. The second-order valence-corrected chi connectivity index (χ2v) is 5.81. The molecule has 0 aliphatic rings. The van der Waals surface area contributed by atoms with Gasteiger partial charge in [-0.15, -0.1) is 0 Å². The summed E-state index contributed by atoms with van der Waals surface area (Å²) in [7, 11) is 1.51. The molecule has 2 amide bonds. The number of hydrazine groups is 1. The van der Waals surface area contributed by atoms with Crippen molar-refractivity contribution in [3.63, 3.8) is 0 Å². The van der Waals surface area contributed by atoms with Gasteiger partial charge >= 0.3 is 0 Å². The molecule has 1 atom stereocenters. The number of halogens is 1. The Hall–Kier alpha value is -2.54. The zero-order chi connectivity index (χ0) is 17.5. The van der Waals surface area contributed by atoms with Crippen LogP contribution in [0.3, 0.4) is 0 Å². The molecule has 24 heavy (non-hydrogen) atoms. The average molecular weight is 393 g/mol. The molecule has 0 aliphatic heterocycles. The Morgan fingerprint density at radius 2 is 1.75 bits per heavy atom. The molecule has 0 radical (unpaired) electrons. The minimum Gasteiger partial charge on any atom is -0.497 e. The van der Waals surface area contributed by atoms with Crippen molar-refractivity contribution in [1.82, 2.24) is 10.9 Å². The van der Waals surface area contributed by atoms with Crippen molar-refractivity contribution < 1.29 is 19.1 Å². The molecule has 0 spiro atoms. The molecule has 0 bridgehead atoms. The summed E-state index contributed by atoms with van der Waals surface area (Å²) in [5, 5.41) is 0. The zero-order valence-electron chi connectivity index (χ0n) is 13.2. The lowest BCUT2D eigenvalue weighted by atomic mass is 10.2. The van der Waals surface area contributed by atoms with E-state index in [1.807, 2.05) is 6.07 Å². The monoisotopic (exact) mass is 392 g/mol. The smallest absolute Gasteiger partial charge is 0.279 e. The van der Waals surface area contributed by atoms with Crippen LogP contribution in [0.4, 0.5) is 0 Å². The van der Waals surface area contributed by atoms with Gasteiger partial charge in [-0.05, 0) is 43.3 Å². The van der Waals surface area contributed by atoms with Crippen LogP contribution >= 0.6 is 15.9 Å². The van der Waals surface area contributed by atoms with Crippen LogP contribution in [0.5, 0.6) is 11.5 Å². The fraction of sp³-hybridized carbons (Fsp3) is 0.176. The summed E-state index contributed by atoms with van der Waals surface area (Å²) in [4.78, 5) is 24.0. The van der Waals surface area contributed by atoms with Gasteiger partial charge in [-0.25, -0.2) is 0 Å². The van der Waals surface area contributed by atoms with Crippen molar-refractivity contribution in [3.8, 4) is 11.5 Å². The Balaban J connectivity index is 1.88. The van der Waals surface area contributed by atoms with Crippen LogP contribution in [-0.4, -0.2) is 25.0 Å². The van der Waals surface area contributed by atoms with Crippen LogP contribution < -0.4 is 20.3 Å². The lowest BCUT2D eigenvalue weighted by molar-refractivity contribution is -0.128. The third kappa shape index (κ3) is 4.99. The number of nitrogens with one attached hydrogen (secondary N) is 2. The lowest BCUT2D eigenvalue weighted by Gasteiger charge is -2.15. The van der Waals surface area contributed by atoms with Crippen molar-refractivity contribution in [2.45, 2.75) is 13.0 Å². The molecule has 7 heteroatoms. The summed E-state index contributed by atoms with van der Waals surface area (Å²) in [6.07, 6.45) is -0.773. The molecule has 2 aromatic carbocycles. The van der Waals surface area contributed by atoms with Crippen LogP contribution in [0.15, 0.2) is 53.0 Å². The number of hydrogen-bond donors (Lipinski definition) is 2. The number of methoxy groups -OCH3 is 1. The zero-order valence-corrected chi connectivity index (χ0v) is 14.8. The number of hydrogen-bond acceptors (Lipinski definition) is 4. The first-order valence-electron chi connectivity index (χ1n) is 7.16. The van der Waals surface area contributed by atoms with Gasteiger partial charge in [0.2, 0.25) is 0 Å². The van der Waals surface area contributed by atoms with Crippen LogP contribution in [-0.2, 0) is 4.79 Å². The molecule has 2 aromatic rings. The Morgan fingerprint density at radius 3 is 2.46 bits per heavy atom. The highest BCUT2D eigenvalue weighted by molar-refractivity contribution is 9.10. The SMILES string of the molecule is COc1cccc(C(=O)NNC(=O)C(C)Oc2cccc(Br)c2)c1. The minimum absolute atomic E-state index is 0.371. The van der Waals surface area contributed by atoms with Gasteiger partial charge in [0.25, 0.3) is 11.8 Å². The van der Waals surface area contributed by atoms with Crippen LogP contribution in [0.1, 0.15) is 17.3 Å². The maximum Gasteiger partial charge on any atom is 0.279 e. The molecule has 1 unspecified atom stereocenters. The first kappa shape index (κ1) is 17.8. The highest BCUT2D eigenvalue weighted by Crippen LogP contribution is 2.18. The van der Waals surface area contributed by atoms with Gasteiger partial charge in [-0.3, -0.25) is 20.4 Å². The summed E-state index contributed by atoms with van der Waals surface area (Å²) >= 11 is 3.33. The molecule has 0 fully saturated rings. The third-order valence-corrected chi connectivity index (χ3v) is 3.60. The number of amides is 2. The van der Waals surface area contributed by atoms with Crippen molar-refractivity contribution in [3.05, 3.63) is 58.6 Å². The summed E-state index contributed by atoms with van der Waals surface area (Å²) in [5.41, 5.74) is 5.05. The Bertz CT molecular complexity index is 736. The molecule has 0 saturated heterocycles. The highest BCUT2D eigenvalue weighted by atomic mass is 79.9. The maximum absolute atomic E-state index is 12.0. The van der Waals surface area contributed by atoms with Crippen molar-refractivity contribution in [1.29, 1.82) is 0 Å². The largest absolute Gasteiger partial charge is 0.497 e. The summed E-state index contributed by atoms with van der Waals surface area (Å²) in [6, 6.07) is 13.7. The highest BCUT2D eigenvalue weighted by Gasteiger charge is 2.16. The molecule has 2 N–H and O–H groups in total. The number of carbonyl (C=O) groups excluding carboxylic acids is 2. The van der Waals surface area contributed by atoms with E-state index >= 15 is 0 Å². The fourth-order valence-electron chi connectivity index (χ4n) is 1.85. The standard InChI is InChI=1S/C17H17BrN2O4/c1-11(24-15-8-4-6-13(18)10-15)16(21)19-20-17(22)12-5-3-7-14(9-12)23-2/h3-11H,1-2H3,(H,19,21)(H,20,22). The van der Waals surface area contributed by atoms with E-state index in [1.165, 1.54) is 7.11 Å². The summed E-state index contributed by atoms with van der Waals surface area (Å²) in [6.45, 7) is 1.59. The fourth-order valence-corrected chi connectivity index (χ4v) is 2.23. The minimum atomic E-state index is -0.773. The van der Waals surface area contributed by atoms with E-state index in [-0.39, 0.29) is 0 Å². The van der Waals surface area contributed by atoms with Gasteiger partial charge in [0.05, 0.1) is 7.11 Å². The van der Waals surface area contributed by atoms with E-state index in [4.69, 9.17) is 9.47 Å². The van der Waals surface area contributed by atoms with Crippen molar-refractivity contribution in [2.75, 3.05) is 7.11 Å². The normalized spacial score (nSPS) is 11.3. The molecule has 0 heterocycles. The van der Waals surface area contributed by atoms with Crippen LogP contribution in [0.2, 0.25) is 0 Å². The second-order valence-electron chi connectivity index (χ2n) is 4.89. The van der Waals surface area contributed by atoms with Gasteiger partial charge in [-0.1, -0.05) is 28.1 Å². The second kappa shape index (κ2) is 8.35. The van der Waals surface area contributed by atoms with Gasteiger partial charge in [0.1, 0.15) is 11.5 Å². The van der Waals surface area contributed by atoms with Crippen molar-refractivity contribution >= 4 is 27.7 Å². The van der Waals surface area contributed by atoms with Gasteiger partial charge in [0, 0.05) is 10.0 Å². The molecule has 0 aliphatic carbocycles. The summed E-state index contributed by atoms with van der Waals surface area (Å²) < 4.78 is 11.4.